The van der Waals surface area contributed by atoms with Gasteiger partial charge < -0.3 is 15.4 Å². The number of carbonyl (C=O) groups is 2. The first-order chi connectivity index (χ1) is 15.4. The highest BCUT2D eigenvalue weighted by molar-refractivity contribution is 7.89. The number of amides is 2. The second kappa shape index (κ2) is 11.0. The number of halogens is 3. The van der Waals surface area contributed by atoms with Crippen molar-refractivity contribution in [2.45, 2.75) is 24.0 Å². The van der Waals surface area contributed by atoms with Gasteiger partial charge >= 0.3 is 6.18 Å². The quantitative estimate of drug-likeness (QED) is 0.473. The molecule has 178 valence electrons. The Balaban J connectivity index is 1.90. The second-order valence-corrected chi connectivity index (χ2v) is 8.56. The standard InChI is InChI=1S/C21H22F3N3O5S/c1-14(26-19(28)12-5-15-3-8-17(32-2)9-4-15)20(29)27-16-6-10-18(11-7-16)33(30,31)25-13-21(22,23)24/h3-12,14,25H,13H2,1-2H3,(H,26,28)(H,27,29)/b12-5+/t14-/m0/s1. The Morgan fingerprint density at radius 1 is 1.06 bits per heavy atom. The van der Waals surface area contributed by atoms with Crippen LogP contribution in [-0.4, -0.2) is 46.1 Å². The minimum Gasteiger partial charge on any atom is -0.497 e. The zero-order chi connectivity index (χ0) is 24.6. The lowest BCUT2D eigenvalue weighted by Gasteiger charge is -2.14. The highest BCUT2D eigenvalue weighted by atomic mass is 32.2. The number of nitrogens with one attached hydrogen (secondary N) is 3. The molecule has 0 radical (unpaired) electrons. The maximum Gasteiger partial charge on any atom is 0.402 e. The fraction of sp³-hybridized carbons (Fsp3) is 0.238. The fourth-order valence-electron chi connectivity index (χ4n) is 2.44. The van der Waals surface area contributed by atoms with E-state index in [1.807, 2.05) is 0 Å². The predicted molar refractivity (Wildman–Crippen MR) is 116 cm³/mol. The average Bonchev–Trinajstić information content (AvgIpc) is 2.76. The van der Waals surface area contributed by atoms with E-state index < -0.39 is 45.5 Å². The maximum absolute atomic E-state index is 12.3. The number of carbonyl (C=O) groups excluding carboxylic acids is 2. The first-order valence-corrected chi connectivity index (χ1v) is 11.0. The van der Waals surface area contributed by atoms with E-state index in [-0.39, 0.29) is 5.69 Å². The summed E-state index contributed by atoms with van der Waals surface area (Å²) < 4.78 is 66.9. The molecule has 33 heavy (non-hydrogen) atoms. The van der Waals surface area contributed by atoms with Crippen molar-refractivity contribution in [1.82, 2.24) is 10.0 Å². The molecule has 0 fully saturated rings. The molecule has 0 unspecified atom stereocenters. The Hall–Kier alpha value is -3.38. The van der Waals surface area contributed by atoms with E-state index in [0.717, 1.165) is 17.7 Å². The maximum atomic E-state index is 12.3. The number of hydrogen-bond donors (Lipinski definition) is 3. The van der Waals surface area contributed by atoms with Crippen LogP contribution in [0.3, 0.4) is 0 Å². The lowest BCUT2D eigenvalue weighted by molar-refractivity contribution is -0.123. The number of benzene rings is 2. The van der Waals surface area contributed by atoms with Crippen molar-refractivity contribution in [3.8, 4) is 5.75 Å². The molecule has 0 aliphatic rings. The molecule has 0 aromatic heterocycles. The molecule has 2 rings (SSSR count). The smallest absolute Gasteiger partial charge is 0.402 e. The predicted octanol–water partition coefficient (Wildman–Crippen LogP) is 2.69. The normalized spacial score (nSPS) is 12.9. The highest BCUT2D eigenvalue weighted by Crippen LogP contribution is 2.17. The first-order valence-electron chi connectivity index (χ1n) is 9.49. The number of rotatable bonds is 9. The summed E-state index contributed by atoms with van der Waals surface area (Å²) in [5.74, 6) is -0.414. The number of anilines is 1. The van der Waals surface area contributed by atoms with Gasteiger partial charge in [0.2, 0.25) is 21.8 Å². The van der Waals surface area contributed by atoms with Crippen LogP contribution in [0.4, 0.5) is 18.9 Å². The molecule has 12 heteroatoms. The molecule has 2 aromatic carbocycles. The highest BCUT2D eigenvalue weighted by Gasteiger charge is 2.30. The molecule has 2 aromatic rings. The monoisotopic (exact) mass is 485 g/mol. The number of hydrogen-bond acceptors (Lipinski definition) is 5. The third kappa shape index (κ3) is 8.58. The van der Waals surface area contributed by atoms with Gasteiger partial charge in [0.25, 0.3) is 0 Å². The van der Waals surface area contributed by atoms with Gasteiger partial charge in [-0.15, -0.1) is 0 Å². The van der Waals surface area contributed by atoms with Crippen LogP contribution in [-0.2, 0) is 19.6 Å². The Labute approximate surface area is 188 Å². The van der Waals surface area contributed by atoms with Gasteiger partial charge in [-0.25, -0.2) is 13.1 Å². The average molecular weight is 485 g/mol. The Bertz CT molecular complexity index is 1100. The third-order valence-corrected chi connectivity index (χ3v) is 5.61. The number of ether oxygens (including phenoxy) is 1. The summed E-state index contributed by atoms with van der Waals surface area (Å²) in [5.41, 5.74) is 0.951. The van der Waals surface area contributed by atoms with Crippen molar-refractivity contribution in [1.29, 1.82) is 0 Å². The Kier molecular flexibility index (Phi) is 8.60. The molecule has 8 nitrogen and oxygen atoms in total. The van der Waals surface area contributed by atoms with Crippen LogP contribution >= 0.6 is 0 Å². The van der Waals surface area contributed by atoms with E-state index in [2.05, 4.69) is 10.6 Å². The van der Waals surface area contributed by atoms with Crippen LogP contribution in [0.5, 0.6) is 5.75 Å². The zero-order valence-corrected chi connectivity index (χ0v) is 18.5. The summed E-state index contributed by atoms with van der Waals surface area (Å²) in [4.78, 5) is 23.9. The Morgan fingerprint density at radius 2 is 1.67 bits per heavy atom. The van der Waals surface area contributed by atoms with Crippen LogP contribution in [0.1, 0.15) is 12.5 Å². The largest absolute Gasteiger partial charge is 0.497 e. The van der Waals surface area contributed by atoms with Crippen LogP contribution in [0.15, 0.2) is 59.5 Å². The molecule has 0 spiro atoms. The SMILES string of the molecule is COc1ccc(/C=C/C(=O)N[C@@H](C)C(=O)Nc2ccc(S(=O)(=O)NCC(F)(F)F)cc2)cc1. The van der Waals surface area contributed by atoms with E-state index in [4.69, 9.17) is 4.74 Å². The van der Waals surface area contributed by atoms with Crippen molar-refractivity contribution < 1.29 is 35.9 Å². The number of methoxy groups -OCH3 is 1. The first kappa shape index (κ1) is 25.9. The minimum absolute atomic E-state index is 0.199. The summed E-state index contributed by atoms with van der Waals surface area (Å²) in [6, 6.07) is 10.6. The summed E-state index contributed by atoms with van der Waals surface area (Å²) in [7, 11) is -2.82. The van der Waals surface area contributed by atoms with E-state index in [1.54, 1.807) is 30.3 Å². The summed E-state index contributed by atoms with van der Waals surface area (Å²) >= 11 is 0. The van der Waals surface area contributed by atoms with E-state index in [0.29, 0.717) is 5.75 Å². The molecular weight excluding hydrogens is 463 g/mol. The minimum atomic E-state index is -4.69. The van der Waals surface area contributed by atoms with Gasteiger partial charge in [-0.3, -0.25) is 9.59 Å². The van der Waals surface area contributed by atoms with Crippen molar-refractivity contribution in [2.24, 2.45) is 0 Å². The second-order valence-electron chi connectivity index (χ2n) is 6.79. The third-order valence-electron chi connectivity index (χ3n) is 4.19. The van der Waals surface area contributed by atoms with Crippen LogP contribution in [0, 0.1) is 0 Å². The van der Waals surface area contributed by atoms with Crippen LogP contribution < -0.4 is 20.1 Å². The lowest BCUT2D eigenvalue weighted by atomic mass is 10.2. The van der Waals surface area contributed by atoms with Crippen molar-refractivity contribution in [3.63, 3.8) is 0 Å². The van der Waals surface area contributed by atoms with Gasteiger partial charge in [-0.05, 0) is 55.0 Å². The summed E-state index contributed by atoms with van der Waals surface area (Å²) in [6.07, 6.45) is -1.87. The molecule has 0 aliphatic carbocycles. The van der Waals surface area contributed by atoms with Crippen molar-refractivity contribution in [2.75, 3.05) is 19.0 Å². The molecule has 0 bridgehead atoms. The molecule has 2 amide bonds. The Morgan fingerprint density at radius 3 is 2.21 bits per heavy atom. The zero-order valence-electron chi connectivity index (χ0n) is 17.6. The van der Waals surface area contributed by atoms with Gasteiger partial charge in [0.1, 0.15) is 18.3 Å². The molecule has 0 heterocycles. The molecule has 3 N–H and O–H groups in total. The lowest BCUT2D eigenvalue weighted by Crippen LogP contribution is -2.40. The van der Waals surface area contributed by atoms with Crippen LogP contribution in [0.25, 0.3) is 6.08 Å². The summed E-state index contributed by atoms with van der Waals surface area (Å²) in [6.45, 7) is -0.244. The van der Waals surface area contributed by atoms with E-state index in [9.17, 15) is 31.2 Å². The van der Waals surface area contributed by atoms with Gasteiger partial charge in [0.15, 0.2) is 0 Å². The van der Waals surface area contributed by atoms with Crippen molar-refractivity contribution >= 4 is 33.6 Å². The topological polar surface area (TPSA) is 114 Å². The van der Waals surface area contributed by atoms with E-state index in [1.165, 1.54) is 37.0 Å². The molecule has 0 saturated carbocycles. The molecule has 1 atom stereocenters. The van der Waals surface area contributed by atoms with Gasteiger partial charge in [-0.2, -0.15) is 13.2 Å². The fourth-order valence-corrected chi connectivity index (χ4v) is 3.46. The summed E-state index contributed by atoms with van der Waals surface area (Å²) in [5, 5.41) is 4.97. The van der Waals surface area contributed by atoms with Crippen LogP contribution in [0.2, 0.25) is 0 Å². The van der Waals surface area contributed by atoms with Crippen molar-refractivity contribution in [3.05, 3.63) is 60.2 Å². The van der Waals surface area contributed by atoms with E-state index >= 15 is 0 Å². The number of sulfonamides is 1. The molecule has 0 aliphatic heterocycles. The van der Waals surface area contributed by atoms with Gasteiger partial charge in [-0.1, -0.05) is 12.1 Å². The number of alkyl halides is 3. The molecule has 0 saturated heterocycles. The van der Waals surface area contributed by atoms with Gasteiger partial charge in [0.05, 0.1) is 12.0 Å². The molecular formula is C21H22F3N3O5S. The van der Waals surface area contributed by atoms with Gasteiger partial charge in [0, 0.05) is 11.8 Å².